The van der Waals surface area contributed by atoms with Crippen LogP contribution in [0.15, 0.2) is 73.1 Å². The summed E-state index contributed by atoms with van der Waals surface area (Å²) in [6.45, 7) is 4.03. The van der Waals surface area contributed by atoms with Crippen molar-refractivity contribution in [2.24, 2.45) is 0 Å². The second-order valence-electron chi connectivity index (χ2n) is 8.10. The maximum absolute atomic E-state index is 2.56. The zero-order valence-corrected chi connectivity index (χ0v) is 17.7. The van der Waals surface area contributed by atoms with E-state index in [4.69, 9.17) is 0 Å². The van der Waals surface area contributed by atoms with Crippen LogP contribution in [-0.4, -0.2) is 4.57 Å². The number of hydrogen-bond donors (Lipinski definition) is 0. The van der Waals surface area contributed by atoms with Crippen LogP contribution in [-0.2, 0) is 25.9 Å². The van der Waals surface area contributed by atoms with Crippen LogP contribution in [0.3, 0.4) is 0 Å². The molecule has 29 heavy (non-hydrogen) atoms. The fourth-order valence-corrected chi connectivity index (χ4v) is 4.67. The monoisotopic (exact) mass is 402 g/mol. The zero-order chi connectivity index (χ0) is 18.9. The highest BCUT2D eigenvalue weighted by atomic mass is 35.5. The Morgan fingerprint density at radius 3 is 2.48 bits per heavy atom. The van der Waals surface area contributed by atoms with Gasteiger partial charge >= 0.3 is 0 Å². The smallest absolute Gasteiger partial charge is 0.173 e. The molecule has 5 rings (SSSR count). The second kappa shape index (κ2) is 8.42. The van der Waals surface area contributed by atoms with Crippen molar-refractivity contribution in [1.82, 2.24) is 4.57 Å². The fraction of sp³-hybridized carbons (Fsp3) is 0.269. The lowest BCUT2D eigenvalue weighted by molar-refractivity contribution is -0.688. The highest BCUT2D eigenvalue weighted by molar-refractivity contribution is 5.86. The molecular formula is C26H27ClN2. The average molecular weight is 403 g/mol. The van der Waals surface area contributed by atoms with Crippen molar-refractivity contribution in [1.29, 1.82) is 0 Å². The number of pyridine rings is 1. The first-order valence-corrected chi connectivity index (χ1v) is 10.4. The van der Waals surface area contributed by atoms with Crippen LogP contribution in [0.5, 0.6) is 0 Å². The summed E-state index contributed by atoms with van der Waals surface area (Å²) in [7, 11) is 0. The van der Waals surface area contributed by atoms with Crippen LogP contribution in [0.4, 0.5) is 0 Å². The lowest BCUT2D eigenvalue weighted by Gasteiger charge is -2.16. The largest absolute Gasteiger partial charge is 1.00 e. The number of rotatable bonds is 4. The molecule has 0 atom stereocenters. The molecule has 2 heterocycles. The highest BCUT2D eigenvalue weighted by Crippen LogP contribution is 2.32. The topological polar surface area (TPSA) is 8.81 Å². The number of hydrogen-bond acceptors (Lipinski definition) is 0. The summed E-state index contributed by atoms with van der Waals surface area (Å²) >= 11 is 0. The molecule has 0 saturated carbocycles. The number of aromatic nitrogens is 2. The Kier molecular flexibility index (Phi) is 5.73. The quantitative estimate of drug-likeness (QED) is 0.463. The van der Waals surface area contributed by atoms with Gasteiger partial charge in [0.25, 0.3) is 0 Å². The third-order valence-corrected chi connectivity index (χ3v) is 6.03. The lowest BCUT2D eigenvalue weighted by atomic mass is 9.95. The minimum atomic E-state index is 0. The first-order valence-electron chi connectivity index (χ1n) is 10.4. The Morgan fingerprint density at radius 1 is 0.862 bits per heavy atom. The van der Waals surface area contributed by atoms with Crippen molar-refractivity contribution in [3.8, 4) is 0 Å². The zero-order valence-electron chi connectivity index (χ0n) is 16.9. The molecule has 0 radical (unpaired) electrons. The van der Waals surface area contributed by atoms with Gasteiger partial charge in [0, 0.05) is 40.8 Å². The van der Waals surface area contributed by atoms with E-state index in [1.54, 1.807) is 11.3 Å². The van der Waals surface area contributed by atoms with Crippen molar-refractivity contribution in [3.05, 3.63) is 101 Å². The molecule has 0 unspecified atom stereocenters. The molecule has 1 aliphatic rings. The van der Waals surface area contributed by atoms with E-state index in [-0.39, 0.29) is 12.4 Å². The Balaban J connectivity index is 0.00000205. The Hall–Kier alpha value is -2.58. The summed E-state index contributed by atoms with van der Waals surface area (Å²) < 4.78 is 4.82. The Bertz CT molecular complexity index is 1130. The van der Waals surface area contributed by atoms with Gasteiger partial charge < -0.3 is 17.0 Å². The van der Waals surface area contributed by atoms with E-state index in [9.17, 15) is 0 Å². The van der Waals surface area contributed by atoms with Crippen LogP contribution in [0, 0.1) is 6.92 Å². The Morgan fingerprint density at radius 2 is 1.66 bits per heavy atom. The fourth-order valence-electron chi connectivity index (χ4n) is 4.67. The molecule has 2 aromatic heterocycles. The molecule has 4 aromatic rings. The van der Waals surface area contributed by atoms with E-state index >= 15 is 0 Å². The summed E-state index contributed by atoms with van der Waals surface area (Å²) in [5, 5.41) is 1.46. The number of para-hydroxylation sites is 1. The molecule has 0 amide bonds. The van der Waals surface area contributed by atoms with Gasteiger partial charge in [-0.25, -0.2) is 4.57 Å². The molecule has 0 N–H and O–H groups in total. The first kappa shape index (κ1) is 19.7. The predicted molar refractivity (Wildman–Crippen MR) is 115 cm³/mol. The van der Waals surface area contributed by atoms with Crippen molar-refractivity contribution in [2.75, 3.05) is 0 Å². The van der Waals surface area contributed by atoms with Crippen molar-refractivity contribution >= 4 is 10.9 Å². The summed E-state index contributed by atoms with van der Waals surface area (Å²) in [6, 6.07) is 22.2. The van der Waals surface area contributed by atoms with Gasteiger partial charge in [0.05, 0.1) is 0 Å². The van der Waals surface area contributed by atoms with E-state index in [2.05, 4.69) is 89.1 Å². The van der Waals surface area contributed by atoms with Gasteiger partial charge in [-0.2, -0.15) is 0 Å². The predicted octanol–water partition coefficient (Wildman–Crippen LogP) is 2.22. The minimum Gasteiger partial charge on any atom is -1.00 e. The van der Waals surface area contributed by atoms with E-state index in [0.29, 0.717) is 0 Å². The molecule has 0 saturated heterocycles. The Labute approximate surface area is 179 Å². The lowest BCUT2D eigenvalue weighted by Crippen LogP contribution is -3.00. The second-order valence-corrected chi connectivity index (χ2v) is 8.10. The number of aryl methyl sites for hydroxylation is 2. The van der Waals surface area contributed by atoms with Crippen LogP contribution >= 0.6 is 0 Å². The van der Waals surface area contributed by atoms with E-state index < -0.39 is 0 Å². The summed E-state index contributed by atoms with van der Waals surface area (Å²) in [4.78, 5) is 0. The molecule has 0 aliphatic heterocycles. The van der Waals surface area contributed by atoms with Gasteiger partial charge in [0.15, 0.2) is 18.9 Å². The van der Waals surface area contributed by atoms with Crippen LogP contribution in [0.25, 0.3) is 10.9 Å². The molecule has 2 nitrogen and oxygen atoms in total. The third kappa shape index (κ3) is 3.95. The van der Waals surface area contributed by atoms with Gasteiger partial charge in [-0.15, -0.1) is 0 Å². The van der Waals surface area contributed by atoms with E-state index in [1.807, 2.05) is 0 Å². The molecule has 148 valence electrons. The number of fused-ring (bicyclic) bond motifs is 3. The first-order chi connectivity index (χ1) is 13.8. The maximum atomic E-state index is 2.56. The number of halogens is 1. The van der Waals surface area contributed by atoms with Crippen molar-refractivity contribution in [2.45, 2.75) is 45.7 Å². The van der Waals surface area contributed by atoms with Crippen molar-refractivity contribution in [3.63, 3.8) is 0 Å². The highest BCUT2D eigenvalue weighted by Gasteiger charge is 2.19. The van der Waals surface area contributed by atoms with Crippen molar-refractivity contribution < 1.29 is 17.0 Å². The number of benzene rings is 2. The number of nitrogens with zero attached hydrogens (tertiary/aromatic N) is 2. The molecule has 1 aliphatic carbocycles. The van der Waals surface area contributed by atoms with Gasteiger partial charge in [-0.05, 0) is 55.9 Å². The molecule has 2 aromatic carbocycles. The van der Waals surface area contributed by atoms with E-state index in [0.717, 1.165) is 13.1 Å². The molecule has 3 heteroatoms. The maximum Gasteiger partial charge on any atom is 0.173 e. The normalized spacial score (nSPS) is 13.1. The van der Waals surface area contributed by atoms with Gasteiger partial charge in [-0.1, -0.05) is 42.0 Å². The van der Waals surface area contributed by atoms with Gasteiger partial charge in [0.2, 0.25) is 0 Å². The standard InChI is InChI=1S/C26H27N2.ClH/c1-20-7-6-8-22(17-20)18-27-15-13-21(14-16-27)19-28-25-11-4-2-9-23(25)24-10-3-5-12-26(24)28;/h2,4,6-9,11,13-17H,3,5,10,12,18-19H2,1H3;1H/q+1;/p-1. The molecule has 0 fully saturated rings. The van der Waals surface area contributed by atoms with Crippen LogP contribution < -0.4 is 17.0 Å². The molecular weight excluding hydrogens is 376 g/mol. The van der Waals surface area contributed by atoms with Gasteiger partial charge in [-0.3, -0.25) is 0 Å². The average Bonchev–Trinajstić information content (AvgIpc) is 3.04. The summed E-state index contributed by atoms with van der Waals surface area (Å²) in [5.41, 5.74) is 8.58. The summed E-state index contributed by atoms with van der Waals surface area (Å²) in [6.07, 6.45) is 9.52. The molecule has 0 bridgehead atoms. The molecule has 0 spiro atoms. The summed E-state index contributed by atoms with van der Waals surface area (Å²) in [5.74, 6) is 0. The SMILES string of the molecule is Cc1cccc(C[n+]2ccc(Cn3c4c(c5ccccc53)CCCC4)cc2)c1.[Cl-]. The third-order valence-electron chi connectivity index (χ3n) is 6.03. The van der Waals surface area contributed by atoms with E-state index in [1.165, 1.54) is 53.3 Å². The van der Waals surface area contributed by atoms with Crippen LogP contribution in [0.1, 0.15) is 40.8 Å². The minimum absolute atomic E-state index is 0. The van der Waals surface area contributed by atoms with Crippen LogP contribution in [0.2, 0.25) is 0 Å². The van der Waals surface area contributed by atoms with Gasteiger partial charge in [0.1, 0.15) is 0 Å².